The molecule has 1 spiro atoms. The number of carbonyl (C=O) groups excluding carboxylic acids is 1. The minimum atomic E-state index is 0.114. The summed E-state index contributed by atoms with van der Waals surface area (Å²) in [6.45, 7) is 2.78. The Morgan fingerprint density at radius 1 is 1.12 bits per heavy atom. The third-order valence-corrected chi connectivity index (χ3v) is 6.09. The first-order chi connectivity index (χ1) is 12.2. The monoisotopic (exact) mass is 335 g/mol. The van der Waals surface area contributed by atoms with Crippen LogP contribution in [0.4, 0.5) is 0 Å². The fourth-order valence-electron chi connectivity index (χ4n) is 4.54. The van der Waals surface area contributed by atoms with Crippen molar-refractivity contribution in [3.8, 4) is 0 Å². The zero-order valence-corrected chi connectivity index (χ0v) is 14.8. The molecule has 0 radical (unpaired) electrons. The number of amides is 1. The summed E-state index contributed by atoms with van der Waals surface area (Å²) in [5.41, 5.74) is 2.38. The second-order valence-electron chi connectivity index (χ2n) is 7.45. The fourth-order valence-corrected chi connectivity index (χ4v) is 4.54. The van der Waals surface area contributed by atoms with Gasteiger partial charge in [0.15, 0.2) is 0 Å². The summed E-state index contributed by atoms with van der Waals surface area (Å²) < 4.78 is 0. The Kier molecular flexibility index (Phi) is 4.30. The summed E-state index contributed by atoms with van der Waals surface area (Å²) in [5.74, 6) is 0.718. The van der Waals surface area contributed by atoms with Crippen LogP contribution in [-0.4, -0.2) is 52.9 Å². The van der Waals surface area contributed by atoms with Gasteiger partial charge in [-0.3, -0.25) is 14.7 Å². The zero-order valence-electron chi connectivity index (χ0n) is 14.8. The summed E-state index contributed by atoms with van der Waals surface area (Å²) in [5, 5.41) is 0. The molecule has 0 N–H and O–H groups in total. The van der Waals surface area contributed by atoms with Crippen LogP contribution in [0.5, 0.6) is 0 Å². The largest absolute Gasteiger partial charge is 0.338 e. The van der Waals surface area contributed by atoms with E-state index >= 15 is 0 Å². The maximum atomic E-state index is 12.6. The summed E-state index contributed by atoms with van der Waals surface area (Å²) >= 11 is 0. The zero-order chi connectivity index (χ0) is 17.3. The van der Waals surface area contributed by atoms with Gasteiger partial charge in [-0.15, -0.1) is 0 Å². The molecule has 0 unspecified atom stereocenters. The molecule has 2 aliphatic heterocycles. The predicted molar refractivity (Wildman–Crippen MR) is 98.5 cm³/mol. The molecule has 1 aromatic heterocycles. The molecule has 4 heteroatoms. The number of carbonyl (C=O) groups is 1. The Morgan fingerprint density at radius 2 is 1.88 bits per heavy atom. The van der Waals surface area contributed by atoms with E-state index < -0.39 is 0 Å². The van der Waals surface area contributed by atoms with Crippen LogP contribution in [0.25, 0.3) is 0 Å². The van der Waals surface area contributed by atoms with Gasteiger partial charge in [0.1, 0.15) is 0 Å². The molecular weight excluding hydrogens is 310 g/mol. The summed E-state index contributed by atoms with van der Waals surface area (Å²) in [6.07, 6.45) is 6.68. The van der Waals surface area contributed by atoms with Crippen molar-refractivity contribution in [1.29, 1.82) is 0 Å². The van der Waals surface area contributed by atoms with Crippen molar-refractivity contribution >= 4 is 5.91 Å². The molecule has 0 bridgehead atoms. The molecule has 1 amide bonds. The van der Waals surface area contributed by atoms with Crippen molar-refractivity contribution in [2.24, 2.45) is 0 Å². The molecule has 2 aromatic rings. The maximum absolute atomic E-state index is 12.6. The van der Waals surface area contributed by atoms with E-state index in [9.17, 15) is 4.79 Å². The molecule has 1 aromatic carbocycles. The van der Waals surface area contributed by atoms with Crippen molar-refractivity contribution in [3.05, 3.63) is 66.0 Å². The molecule has 3 heterocycles. The molecule has 2 saturated heterocycles. The second-order valence-corrected chi connectivity index (χ2v) is 7.45. The number of hydrogen-bond donors (Lipinski definition) is 0. The van der Waals surface area contributed by atoms with Gasteiger partial charge in [0.05, 0.1) is 5.56 Å². The molecule has 1 atom stereocenters. The molecule has 4 rings (SSSR count). The number of pyridine rings is 1. The minimum Gasteiger partial charge on any atom is -0.338 e. The average Bonchev–Trinajstić information content (AvgIpc) is 2.99. The molecule has 25 heavy (non-hydrogen) atoms. The molecule has 4 nitrogen and oxygen atoms in total. The van der Waals surface area contributed by atoms with Gasteiger partial charge < -0.3 is 4.90 Å². The van der Waals surface area contributed by atoms with E-state index in [1.807, 2.05) is 17.0 Å². The van der Waals surface area contributed by atoms with Gasteiger partial charge in [-0.05, 0) is 49.9 Å². The lowest BCUT2D eigenvalue weighted by Gasteiger charge is -2.43. The molecule has 0 aliphatic carbocycles. The highest BCUT2D eigenvalue weighted by Crippen LogP contribution is 2.44. The number of aromatic nitrogens is 1. The Bertz CT molecular complexity index is 723. The van der Waals surface area contributed by atoms with E-state index in [1.165, 1.54) is 12.0 Å². The third-order valence-electron chi connectivity index (χ3n) is 6.09. The van der Waals surface area contributed by atoms with Gasteiger partial charge in [-0.25, -0.2) is 0 Å². The smallest absolute Gasteiger partial charge is 0.255 e. The number of likely N-dealkylation sites (tertiary alicyclic amines) is 2. The van der Waals surface area contributed by atoms with Crippen molar-refractivity contribution in [3.63, 3.8) is 0 Å². The third kappa shape index (κ3) is 3.07. The van der Waals surface area contributed by atoms with Crippen molar-refractivity contribution in [2.45, 2.75) is 30.7 Å². The van der Waals surface area contributed by atoms with Crippen LogP contribution in [0.15, 0.2) is 54.9 Å². The number of rotatable bonds is 2. The highest BCUT2D eigenvalue weighted by Gasteiger charge is 2.46. The first kappa shape index (κ1) is 16.3. The van der Waals surface area contributed by atoms with Gasteiger partial charge >= 0.3 is 0 Å². The quantitative estimate of drug-likeness (QED) is 0.846. The number of benzene rings is 1. The van der Waals surface area contributed by atoms with E-state index in [1.54, 1.807) is 12.4 Å². The second kappa shape index (κ2) is 6.60. The number of piperidine rings is 1. The molecular formula is C21H25N3O. The van der Waals surface area contributed by atoms with Crippen molar-refractivity contribution in [2.75, 3.05) is 26.7 Å². The van der Waals surface area contributed by atoms with Crippen LogP contribution in [0.3, 0.4) is 0 Å². The van der Waals surface area contributed by atoms with Gasteiger partial charge in [-0.2, -0.15) is 0 Å². The van der Waals surface area contributed by atoms with Crippen LogP contribution in [0.1, 0.15) is 41.1 Å². The molecule has 2 aliphatic rings. The van der Waals surface area contributed by atoms with E-state index in [4.69, 9.17) is 0 Å². The SMILES string of the molecule is CN1C[C@@H](c2ccccc2)CC12CCN(C(=O)c1cccnc1)CC2. The topological polar surface area (TPSA) is 36.4 Å². The molecule has 130 valence electrons. The maximum Gasteiger partial charge on any atom is 0.255 e. The van der Waals surface area contributed by atoms with Crippen LogP contribution in [0.2, 0.25) is 0 Å². The Balaban J connectivity index is 1.43. The first-order valence-electron chi connectivity index (χ1n) is 9.13. The highest BCUT2D eigenvalue weighted by atomic mass is 16.2. The predicted octanol–water partition coefficient (Wildman–Crippen LogP) is 3.18. The van der Waals surface area contributed by atoms with Gasteiger partial charge in [0, 0.05) is 37.6 Å². The summed E-state index contributed by atoms with van der Waals surface area (Å²) in [4.78, 5) is 21.2. The van der Waals surface area contributed by atoms with Crippen LogP contribution < -0.4 is 0 Å². The lowest BCUT2D eigenvalue weighted by atomic mass is 9.81. The number of hydrogen-bond acceptors (Lipinski definition) is 3. The van der Waals surface area contributed by atoms with E-state index in [-0.39, 0.29) is 11.4 Å². The average molecular weight is 335 g/mol. The van der Waals surface area contributed by atoms with Gasteiger partial charge in [0.25, 0.3) is 5.91 Å². The van der Waals surface area contributed by atoms with Crippen LogP contribution in [0, 0.1) is 0 Å². The van der Waals surface area contributed by atoms with Gasteiger partial charge in [-0.1, -0.05) is 30.3 Å². The summed E-state index contributed by atoms with van der Waals surface area (Å²) in [6, 6.07) is 14.5. The van der Waals surface area contributed by atoms with E-state index in [0.717, 1.165) is 32.5 Å². The normalized spacial score (nSPS) is 23.1. The molecule has 0 saturated carbocycles. The highest BCUT2D eigenvalue weighted by molar-refractivity contribution is 5.93. The Morgan fingerprint density at radius 3 is 2.56 bits per heavy atom. The minimum absolute atomic E-state index is 0.114. The molecule has 2 fully saturated rings. The Hall–Kier alpha value is -2.20. The fraction of sp³-hybridized carbons (Fsp3) is 0.429. The van der Waals surface area contributed by atoms with E-state index in [0.29, 0.717) is 11.5 Å². The van der Waals surface area contributed by atoms with Crippen molar-refractivity contribution in [1.82, 2.24) is 14.8 Å². The standard InChI is InChI=1S/C21H25N3O/c1-23-16-19(17-6-3-2-4-7-17)14-21(23)9-12-24(13-10-21)20(25)18-8-5-11-22-15-18/h2-8,11,15,19H,9-10,12-14,16H2,1H3/t19-/m0/s1. The Labute approximate surface area is 149 Å². The van der Waals surface area contributed by atoms with E-state index in [2.05, 4.69) is 47.3 Å². The van der Waals surface area contributed by atoms with Crippen molar-refractivity contribution < 1.29 is 4.79 Å². The lowest BCUT2D eigenvalue weighted by Crippen LogP contribution is -2.52. The first-order valence-corrected chi connectivity index (χ1v) is 9.13. The van der Waals surface area contributed by atoms with Crippen LogP contribution >= 0.6 is 0 Å². The van der Waals surface area contributed by atoms with Gasteiger partial charge in [0.2, 0.25) is 0 Å². The number of likely N-dealkylation sites (N-methyl/N-ethyl adjacent to an activating group) is 1. The van der Waals surface area contributed by atoms with Crippen LogP contribution in [-0.2, 0) is 0 Å². The summed E-state index contributed by atoms with van der Waals surface area (Å²) in [7, 11) is 2.25. The number of nitrogens with zero attached hydrogens (tertiary/aromatic N) is 3. The lowest BCUT2D eigenvalue weighted by molar-refractivity contribution is 0.0492.